The van der Waals surface area contributed by atoms with E-state index in [0.29, 0.717) is 12.3 Å². The highest BCUT2D eigenvalue weighted by Gasteiger charge is 2.13. The minimum Gasteiger partial charge on any atom is -0.458 e. The van der Waals surface area contributed by atoms with E-state index in [1.54, 1.807) is 12.1 Å². The summed E-state index contributed by atoms with van der Waals surface area (Å²) in [5.41, 5.74) is 0.757. The van der Waals surface area contributed by atoms with Gasteiger partial charge in [0, 0.05) is 19.2 Å². The van der Waals surface area contributed by atoms with E-state index >= 15 is 0 Å². The number of hydrogen-bond donors (Lipinski definition) is 0. The monoisotopic (exact) mass is 230 g/mol. The molecule has 0 heterocycles. The van der Waals surface area contributed by atoms with Gasteiger partial charge in [-0.25, -0.2) is 4.39 Å². The van der Waals surface area contributed by atoms with Crippen molar-refractivity contribution in [2.75, 3.05) is 5.88 Å². The zero-order valence-corrected chi connectivity index (χ0v) is 9.13. The predicted octanol–water partition coefficient (Wildman–Crippen LogP) is 3.06. The Hall–Kier alpha value is -1.09. The van der Waals surface area contributed by atoms with Crippen molar-refractivity contribution >= 4 is 17.6 Å². The van der Waals surface area contributed by atoms with Crippen LogP contribution in [0, 0.1) is 5.82 Å². The van der Waals surface area contributed by atoms with Crippen molar-refractivity contribution in [3.8, 4) is 0 Å². The van der Waals surface area contributed by atoms with Crippen molar-refractivity contribution in [3.63, 3.8) is 0 Å². The molecule has 0 unspecified atom stereocenters. The van der Waals surface area contributed by atoms with Crippen LogP contribution < -0.4 is 0 Å². The molecule has 0 fully saturated rings. The smallest absolute Gasteiger partial charge is 0.303 e. The lowest BCUT2D eigenvalue weighted by molar-refractivity contribution is -0.146. The summed E-state index contributed by atoms with van der Waals surface area (Å²) in [6.07, 6.45) is 0.132. The molecule has 1 aromatic rings. The van der Waals surface area contributed by atoms with Gasteiger partial charge >= 0.3 is 5.97 Å². The first-order valence-electron chi connectivity index (χ1n) is 4.62. The van der Waals surface area contributed by atoms with Crippen LogP contribution in [0.1, 0.15) is 25.0 Å². The summed E-state index contributed by atoms with van der Waals surface area (Å²) in [6, 6.07) is 5.85. The molecule has 1 rings (SSSR count). The number of hydrogen-bond acceptors (Lipinski definition) is 2. The van der Waals surface area contributed by atoms with Crippen LogP contribution in [0.3, 0.4) is 0 Å². The van der Waals surface area contributed by atoms with Gasteiger partial charge in [0.1, 0.15) is 11.9 Å². The van der Waals surface area contributed by atoms with E-state index in [1.165, 1.54) is 19.1 Å². The third-order valence-corrected chi connectivity index (χ3v) is 2.14. The van der Waals surface area contributed by atoms with Crippen molar-refractivity contribution in [2.45, 2.75) is 19.4 Å². The van der Waals surface area contributed by atoms with Crippen LogP contribution in [-0.4, -0.2) is 11.8 Å². The fraction of sp³-hybridized carbons (Fsp3) is 0.364. The number of carbonyl (C=O) groups excluding carboxylic acids is 1. The Bertz CT molecular complexity index is 324. The molecule has 0 aliphatic carbocycles. The van der Waals surface area contributed by atoms with Gasteiger partial charge in [0.2, 0.25) is 0 Å². The Labute approximate surface area is 93.0 Å². The number of ether oxygens (including phenoxy) is 1. The summed E-state index contributed by atoms with van der Waals surface area (Å²) in [5.74, 6) is -0.296. The van der Waals surface area contributed by atoms with Gasteiger partial charge in [0.05, 0.1) is 0 Å². The molecule has 2 nitrogen and oxygen atoms in total. The molecule has 0 N–H and O–H groups in total. The highest BCUT2D eigenvalue weighted by molar-refractivity contribution is 6.17. The molecular weight excluding hydrogens is 219 g/mol. The molecule has 0 bridgehead atoms. The van der Waals surface area contributed by atoms with Gasteiger partial charge in [-0.2, -0.15) is 0 Å². The van der Waals surface area contributed by atoms with E-state index in [9.17, 15) is 9.18 Å². The number of halogens is 2. The van der Waals surface area contributed by atoms with Crippen LogP contribution in [0.25, 0.3) is 0 Å². The fourth-order valence-corrected chi connectivity index (χ4v) is 1.47. The lowest BCUT2D eigenvalue weighted by Crippen LogP contribution is -2.09. The van der Waals surface area contributed by atoms with Crippen molar-refractivity contribution in [1.82, 2.24) is 0 Å². The maximum atomic E-state index is 12.7. The molecule has 0 saturated carbocycles. The second kappa shape index (κ2) is 5.71. The number of carbonyl (C=O) groups is 1. The molecular formula is C11H12ClFO2. The van der Waals surface area contributed by atoms with Gasteiger partial charge in [-0.15, -0.1) is 11.6 Å². The van der Waals surface area contributed by atoms with Crippen LogP contribution >= 0.6 is 11.6 Å². The zero-order chi connectivity index (χ0) is 11.3. The molecule has 15 heavy (non-hydrogen) atoms. The van der Waals surface area contributed by atoms with Crippen LogP contribution in [0.5, 0.6) is 0 Å². The Morgan fingerprint density at radius 2 is 2.07 bits per heavy atom. The van der Waals surface area contributed by atoms with E-state index < -0.39 is 0 Å². The first-order chi connectivity index (χ1) is 7.13. The van der Waals surface area contributed by atoms with E-state index in [1.807, 2.05) is 0 Å². The average molecular weight is 231 g/mol. The summed E-state index contributed by atoms with van der Waals surface area (Å²) < 4.78 is 17.7. The van der Waals surface area contributed by atoms with E-state index in [-0.39, 0.29) is 17.9 Å². The van der Waals surface area contributed by atoms with Gasteiger partial charge < -0.3 is 4.74 Å². The number of benzene rings is 1. The van der Waals surface area contributed by atoms with Gasteiger partial charge in [-0.3, -0.25) is 4.79 Å². The minimum atomic E-state index is -0.388. The Kier molecular flexibility index (Phi) is 4.56. The largest absolute Gasteiger partial charge is 0.458 e. The summed E-state index contributed by atoms with van der Waals surface area (Å²) in [6.45, 7) is 1.34. The summed E-state index contributed by atoms with van der Waals surface area (Å²) >= 11 is 5.60. The van der Waals surface area contributed by atoms with Crippen LogP contribution in [-0.2, 0) is 9.53 Å². The third kappa shape index (κ3) is 3.88. The highest BCUT2D eigenvalue weighted by atomic mass is 35.5. The maximum absolute atomic E-state index is 12.7. The molecule has 82 valence electrons. The first-order valence-corrected chi connectivity index (χ1v) is 5.15. The fourth-order valence-electron chi connectivity index (χ4n) is 1.27. The van der Waals surface area contributed by atoms with E-state index in [2.05, 4.69) is 0 Å². The highest BCUT2D eigenvalue weighted by Crippen LogP contribution is 2.22. The van der Waals surface area contributed by atoms with Crippen molar-refractivity contribution in [3.05, 3.63) is 35.6 Å². The van der Waals surface area contributed by atoms with Crippen LogP contribution in [0.4, 0.5) is 4.39 Å². The van der Waals surface area contributed by atoms with E-state index in [4.69, 9.17) is 16.3 Å². The van der Waals surface area contributed by atoms with Gasteiger partial charge in [0.25, 0.3) is 0 Å². The normalized spacial score (nSPS) is 12.2. The van der Waals surface area contributed by atoms with Gasteiger partial charge in [-0.1, -0.05) is 12.1 Å². The summed E-state index contributed by atoms with van der Waals surface area (Å²) in [4.78, 5) is 10.8. The molecule has 0 spiro atoms. The zero-order valence-electron chi connectivity index (χ0n) is 8.37. The molecule has 1 aromatic carbocycles. The SMILES string of the molecule is CC(=O)O[C@@H](CCCl)c1ccc(F)cc1. The quantitative estimate of drug-likeness (QED) is 0.587. The van der Waals surface area contributed by atoms with E-state index in [0.717, 1.165) is 5.56 Å². The summed E-state index contributed by atoms with van der Waals surface area (Å²) in [5, 5.41) is 0. The third-order valence-electron chi connectivity index (χ3n) is 1.92. The molecule has 4 heteroatoms. The molecule has 0 saturated heterocycles. The summed E-state index contributed by atoms with van der Waals surface area (Å²) in [7, 11) is 0. The van der Waals surface area contributed by atoms with Crippen LogP contribution in [0.2, 0.25) is 0 Å². The first kappa shape index (κ1) is 12.0. The van der Waals surface area contributed by atoms with Crippen molar-refractivity contribution in [2.24, 2.45) is 0 Å². The standard InChI is InChI=1S/C11H12ClFO2/c1-8(14)15-11(6-7-12)9-2-4-10(13)5-3-9/h2-5,11H,6-7H2,1H3/t11-/m0/s1. The second-order valence-electron chi connectivity index (χ2n) is 3.13. The molecule has 1 atom stereocenters. The van der Waals surface area contributed by atoms with Gasteiger partial charge in [0.15, 0.2) is 0 Å². The molecule has 0 aliphatic heterocycles. The number of alkyl halides is 1. The maximum Gasteiger partial charge on any atom is 0.303 e. The minimum absolute atomic E-state index is 0.314. The lowest BCUT2D eigenvalue weighted by Gasteiger charge is -2.15. The number of esters is 1. The Balaban J connectivity index is 2.78. The average Bonchev–Trinajstić information content (AvgIpc) is 2.17. The predicted molar refractivity (Wildman–Crippen MR) is 56.2 cm³/mol. The Morgan fingerprint density at radius 3 is 2.53 bits per heavy atom. The Morgan fingerprint density at radius 1 is 1.47 bits per heavy atom. The van der Waals surface area contributed by atoms with Gasteiger partial charge in [-0.05, 0) is 17.7 Å². The topological polar surface area (TPSA) is 26.3 Å². The van der Waals surface area contributed by atoms with Crippen molar-refractivity contribution < 1.29 is 13.9 Å². The molecule has 0 aliphatic rings. The molecule has 0 radical (unpaired) electrons. The number of rotatable bonds is 4. The van der Waals surface area contributed by atoms with Crippen LogP contribution in [0.15, 0.2) is 24.3 Å². The second-order valence-corrected chi connectivity index (χ2v) is 3.51. The molecule has 0 amide bonds. The molecule has 0 aromatic heterocycles. The lowest BCUT2D eigenvalue weighted by atomic mass is 10.1. The van der Waals surface area contributed by atoms with Crippen molar-refractivity contribution in [1.29, 1.82) is 0 Å².